The number of rotatable bonds is 6. The van der Waals surface area contributed by atoms with Crippen molar-refractivity contribution in [3.05, 3.63) is 11.5 Å². The van der Waals surface area contributed by atoms with Gasteiger partial charge in [0.1, 0.15) is 11.9 Å². The summed E-state index contributed by atoms with van der Waals surface area (Å²) in [5.41, 5.74) is 0.419. The number of aliphatic hydroxyl groups excluding tert-OH is 2. The Kier molecular flexibility index (Phi) is 5.94. The Morgan fingerprint density at radius 3 is 2.69 bits per heavy atom. The topological polar surface area (TPSA) is 143 Å². The van der Waals surface area contributed by atoms with Crippen LogP contribution in [0, 0.1) is 17.8 Å². The van der Waals surface area contributed by atoms with E-state index < -0.39 is 31.9 Å². The number of ether oxygens (including phenoxy) is 1. The third-order valence-corrected chi connectivity index (χ3v) is 7.68. The molecular formula is C19H27ClN5O6P. The molecule has 4 heterocycles. The van der Waals surface area contributed by atoms with E-state index in [2.05, 4.69) is 20.0 Å². The predicted molar refractivity (Wildman–Crippen MR) is 116 cm³/mol. The zero-order chi connectivity index (χ0) is 22.6. The van der Waals surface area contributed by atoms with E-state index >= 15 is 0 Å². The van der Waals surface area contributed by atoms with Gasteiger partial charge in [-0.05, 0) is 36.3 Å². The second kappa shape index (κ2) is 8.47. The SMILES string of the molecule is CP(=O)(O)OC[C@H]1O[C@@H](n2ncc3c(N4C[C@H]5CCC[C@H]5C4)nc(Cl)nc32)[C@H](O)[C@H]1CO. The molecule has 1 saturated carbocycles. The molecule has 0 radical (unpaired) electrons. The van der Waals surface area contributed by atoms with Crippen LogP contribution < -0.4 is 4.90 Å². The molecule has 1 unspecified atom stereocenters. The lowest BCUT2D eigenvalue weighted by atomic mass is 10.00. The van der Waals surface area contributed by atoms with Crippen LogP contribution >= 0.6 is 19.2 Å². The normalized spacial score (nSPS) is 34.3. The van der Waals surface area contributed by atoms with Gasteiger partial charge in [0, 0.05) is 25.7 Å². The maximum Gasteiger partial charge on any atom is 0.325 e. The van der Waals surface area contributed by atoms with Crippen LogP contribution in [0.5, 0.6) is 0 Å². The highest BCUT2D eigenvalue weighted by Gasteiger charge is 2.46. The largest absolute Gasteiger partial charge is 0.396 e. The molecule has 2 saturated heterocycles. The highest BCUT2D eigenvalue weighted by Crippen LogP contribution is 2.43. The first-order valence-corrected chi connectivity index (χ1v) is 13.2. The third kappa shape index (κ3) is 4.04. The molecule has 2 aromatic rings. The Hall–Kier alpha value is -1.33. The molecule has 13 heteroatoms. The molecule has 11 nitrogen and oxygen atoms in total. The molecule has 3 fully saturated rings. The Labute approximate surface area is 189 Å². The summed E-state index contributed by atoms with van der Waals surface area (Å²) in [4.78, 5) is 20.5. The zero-order valence-corrected chi connectivity index (χ0v) is 19.3. The van der Waals surface area contributed by atoms with E-state index in [1.54, 1.807) is 6.20 Å². The summed E-state index contributed by atoms with van der Waals surface area (Å²) in [6, 6.07) is 0. The maximum atomic E-state index is 11.5. The van der Waals surface area contributed by atoms with Crippen molar-refractivity contribution < 1.29 is 28.9 Å². The van der Waals surface area contributed by atoms with Gasteiger partial charge in [0.05, 0.1) is 30.9 Å². The Morgan fingerprint density at radius 2 is 2.03 bits per heavy atom. The number of nitrogens with zero attached hydrogens (tertiary/aromatic N) is 5. The van der Waals surface area contributed by atoms with Gasteiger partial charge >= 0.3 is 7.60 Å². The van der Waals surface area contributed by atoms with Gasteiger partial charge in [0.2, 0.25) is 5.28 Å². The van der Waals surface area contributed by atoms with Crippen LogP contribution in [-0.4, -0.2) is 80.0 Å². The van der Waals surface area contributed by atoms with E-state index in [4.69, 9.17) is 20.9 Å². The zero-order valence-electron chi connectivity index (χ0n) is 17.6. The molecule has 0 aromatic carbocycles. The summed E-state index contributed by atoms with van der Waals surface area (Å²) in [7, 11) is -3.74. The van der Waals surface area contributed by atoms with Gasteiger partial charge in [-0.25, -0.2) is 4.68 Å². The molecule has 2 aromatic heterocycles. The van der Waals surface area contributed by atoms with Gasteiger partial charge in [-0.3, -0.25) is 4.57 Å². The summed E-state index contributed by atoms with van der Waals surface area (Å²) in [5.74, 6) is 1.33. The monoisotopic (exact) mass is 487 g/mol. The molecule has 0 spiro atoms. The molecule has 2 aliphatic heterocycles. The van der Waals surface area contributed by atoms with Gasteiger partial charge in [0.25, 0.3) is 0 Å². The van der Waals surface area contributed by atoms with Crippen LogP contribution in [0.3, 0.4) is 0 Å². The fourth-order valence-electron chi connectivity index (χ4n) is 5.31. The second-order valence-corrected chi connectivity index (χ2v) is 11.2. The van der Waals surface area contributed by atoms with Crippen molar-refractivity contribution in [3.8, 4) is 0 Å². The first-order chi connectivity index (χ1) is 15.2. The van der Waals surface area contributed by atoms with Crippen LogP contribution in [0.1, 0.15) is 25.5 Å². The average molecular weight is 488 g/mol. The summed E-state index contributed by atoms with van der Waals surface area (Å²) in [6.45, 7) is 2.27. The fourth-order valence-corrected chi connectivity index (χ4v) is 5.90. The third-order valence-electron chi connectivity index (χ3n) is 6.88. The minimum atomic E-state index is -3.74. The van der Waals surface area contributed by atoms with E-state index in [0.29, 0.717) is 22.9 Å². The van der Waals surface area contributed by atoms with Crippen molar-refractivity contribution in [2.45, 2.75) is 37.7 Å². The number of aromatic nitrogens is 4. The smallest absolute Gasteiger partial charge is 0.325 e. The van der Waals surface area contributed by atoms with E-state index in [1.807, 2.05) is 0 Å². The van der Waals surface area contributed by atoms with E-state index in [9.17, 15) is 19.7 Å². The summed E-state index contributed by atoms with van der Waals surface area (Å²) < 4.78 is 23.8. The van der Waals surface area contributed by atoms with Crippen molar-refractivity contribution >= 4 is 36.0 Å². The number of hydrogen-bond acceptors (Lipinski definition) is 9. The standard InChI is InChI=1S/C19H27ClN5O6P/c1-32(28,29)30-9-14-13(8-26)15(27)18(31-14)25-17-12(5-21-25)16(22-19(20)23-17)24-6-10-3-2-4-11(10)7-24/h5,10-11,13-15,18,26-27H,2-4,6-9H2,1H3,(H,28,29)/t10-,11+,13-,14+,15+,18+/m0/s1. The molecule has 5 rings (SSSR count). The highest BCUT2D eigenvalue weighted by molar-refractivity contribution is 7.51. The number of fused-ring (bicyclic) bond motifs is 2. The van der Waals surface area contributed by atoms with Crippen molar-refractivity contribution in [1.82, 2.24) is 19.7 Å². The Balaban J connectivity index is 1.44. The van der Waals surface area contributed by atoms with Crippen LogP contribution in [-0.2, 0) is 13.8 Å². The van der Waals surface area contributed by atoms with Crippen molar-refractivity contribution in [2.24, 2.45) is 17.8 Å². The van der Waals surface area contributed by atoms with E-state index in [-0.39, 0.29) is 18.5 Å². The summed E-state index contributed by atoms with van der Waals surface area (Å²) >= 11 is 6.27. The maximum absolute atomic E-state index is 11.5. The molecule has 3 aliphatic rings. The minimum absolute atomic E-state index is 0.0737. The van der Waals surface area contributed by atoms with Gasteiger partial charge in [-0.2, -0.15) is 15.1 Å². The van der Waals surface area contributed by atoms with E-state index in [1.165, 1.54) is 23.9 Å². The minimum Gasteiger partial charge on any atom is -0.396 e. The van der Waals surface area contributed by atoms with Crippen molar-refractivity contribution in [1.29, 1.82) is 0 Å². The average Bonchev–Trinajstić information content (AvgIpc) is 3.47. The molecule has 1 aliphatic carbocycles. The molecule has 0 bridgehead atoms. The van der Waals surface area contributed by atoms with Crippen LogP contribution in [0.4, 0.5) is 5.82 Å². The second-order valence-electron chi connectivity index (χ2n) is 9.00. The van der Waals surface area contributed by atoms with Gasteiger partial charge in [-0.15, -0.1) is 0 Å². The molecular weight excluding hydrogens is 461 g/mol. The molecule has 7 atom stereocenters. The Morgan fingerprint density at radius 1 is 1.31 bits per heavy atom. The van der Waals surface area contributed by atoms with Crippen LogP contribution in [0.2, 0.25) is 5.28 Å². The van der Waals surface area contributed by atoms with Crippen LogP contribution in [0.15, 0.2) is 6.20 Å². The lowest BCUT2D eigenvalue weighted by Crippen LogP contribution is -2.31. The van der Waals surface area contributed by atoms with Crippen molar-refractivity contribution in [2.75, 3.05) is 37.9 Å². The molecule has 176 valence electrons. The number of hydrogen-bond donors (Lipinski definition) is 3. The van der Waals surface area contributed by atoms with Crippen LogP contribution in [0.25, 0.3) is 11.0 Å². The van der Waals surface area contributed by atoms with Gasteiger partial charge < -0.3 is 29.3 Å². The van der Waals surface area contributed by atoms with Gasteiger partial charge in [0.15, 0.2) is 11.9 Å². The van der Waals surface area contributed by atoms with Crippen molar-refractivity contribution in [3.63, 3.8) is 0 Å². The fraction of sp³-hybridized carbons (Fsp3) is 0.737. The van der Waals surface area contributed by atoms with E-state index in [0.717, 1.165) is 25.6 Å². The molecule has 32 heavy (non-hydrogen) atoms. The lowest BCUT2D eigenvalue weighted by Gasteiger charge is -2.20. The quantitative estimate of drug-likeness (QED) is 0.404. The molecule has 0 amide bonds. The Bertz CT molecular complexity index is 1040. The number of halogens is 1. The predicted octanol–water partition coefficient (Wildman–Crippen LogP) is 1.41. The first kappa shape index (κ1) is 22.5. The number of anilines is 1. The number of aliphatic hydroxyl groups is 2. The van der Waals surface area contributed by atoms with Gasteiger partial charge in [-0.1, -0.05) is 6.42 Å². The highest BCUT2D eigenvalue weighted by atomic mass is 35.5. The first-order valence-electron chi connectivity index (χ1n) is 10.8. The lowest BCUT2D eigenvalue weighted by molar-refractivity contribution is -0.0533. The summed E-state index contributed by atoms with van der Waals surface area (Å²) in [6.07, 6.45) is 2.48. The molecule has 3 N–H and O–H groups in total. The summed E-state index contributed by atoms with van der Waals surface area (Å²) in [5, 5.41) is 25.8.